The fourth-order valence-corrected chi connectivity index (χ4v) is 3.83. The molecule has 1 heterocycles. The Morgan fingerprint density at radius 3 is 2.31 bits per heavy atom. The standard InChI is InChI=1S/C23H18N2O3S/c1-2-28-18-9-6-10-19-20(18)24-23(29-19)25-22(27)17-13-11-16(12-14-17)21(26)15-7-4-3-5-8-15/h3-14H,2H2,1H3,(H,24,25,27). The van der Waals surface area contributed by atoms with Crippen LogP contribution < -0.4 is 10.1 Å². The highest BCUT2D eigenvalue weighted by molar-refractivity contribution is 7.22. The molecule has 6 heteroatoms. The second-order valence-electron chi connectivity index (χ2n) is 6.28. The number of anilines is 1. The zero-order valence-electron chi connectivity index (χ0n) is 15.7. The second kappa shape index (κ2) is 8.24. The van der Waals surface area contributed by atoms with Gasteiger partial charge >= 0.3 is 0 Å². The van der Waals surface area contributed by atoms with Crippen molar-refractivity contribution in [2.24, 2.45) is 0 Å². The number of carbonyl (C=O) groups excluding carboxylic acids is 2. The summed E-state index contributed by atoms with van der Waals surface area (Å²) in [7, 11) is 0. The minimum absolute atomic E-state index is 0.0767. The maximum absolute atomic E-state index is 12.6. The first-order chi connectivity index (χ1) is 14.2. The smallest absolute Gasteiger partial charge is 0.257 e. The zero-order chi connectivity index (χ0) is 20.2. The third-order valence-corrected chi connectivity index (χ3v) is 5.28. The molecule has 3 aromatic carbocycles. The number of thiazole rings is 1. The van der Waals surface area contributed by atoms with Crippen LogP contribution in [0.2, 0.25) is 0 Å². The Morgan fingerprint density at radius 1 is 0.897 bits per heavy atom. The Kier molecular flexibility index (Phi) is 5.35. The van der Waals surface area contributed by atoms with Crippen LogP contribution in [-0.4, -0.2) is 23.3 Å². The highest BCUT2D eigenvalue weighted by Crippen LogP contribution is 2.32. The lowest BCUT2D eigenvalue weighted by Crippen LogP contribution is -2.12. The van der Waals surface area contributed by atoms with E-state index in [9.17, 15) is 9.59 Å². The number of aromatic nitrogens is 1. The Labute approximate surface area is 172 Å². The summed E-state index contributed by atoms with van der Waals surface area (Å²) in [5.74, 6) is 0.346. The molecule has 0 saturated heterocycles. The van der Waals surface area contributed by atoms with Crippen LogP contribution in [0, 0.1) is 0 Å². The highest BCUT2D eigenvalue weighted by atomic mass is 32.1. The number of para-hydroxylation sites is 1. The number of hydrogen-bond donors (Lipinski definition) is 1. The van der Waals surface area contributed by atoms with Crippen LogP contribution in [0.4, 0.5) is 5.13 Å². The number of ketones is 1. The molecule has 0 aliphatic heterocycles. The molecule has 0 fully saturated rings. The van der Waals surface area contributed by atoms with Gasteiger partial charge in [0.05, 0.1) is 11.3 Å². The SMILES string of the molecule is CCOc1cccc2sc(NC(=O)c3ccc(C(=O)c4ccccc4)cc3)nc12. The van der Waals surface area contributed by atoms with E-state index in [1.54, 1.807) is 36.4 Å². The average molecular weight is 402 g/mol. The van der Waals surface area contributed by atoms with E-state index in [-0.39, 0.29) is 11.7 Å². The van der Waals surface area contributed by atoms with Crippen molar-refractivity contribution < 1.29 is 14.3 Å². The lowest BCUT2D eigenvalue weighted by molar-refractivity contribution is 0.102. The number of rotatable bonds is 6. The molecule has 4 rings (SSSR count). The van der Waals surface area contributed by atoms with E-state index >= 15 is 0 Å². The molecule has 144 valence electrons. The molecule has 0 aliphatic carbocycles. The van der Waals surface area contributed by atoms with Crippen molar-refractivity contribution in [2.45, 2.75) is 6.92 Å². The van der Waals surface area contributed by atoms with E-state index in [1.807, 2.05) is 43.3 Å². The van der Waals surface area contributed by atoms with Crippen LogP contribution in [0.1, 0.15) is 33.2 Å². The molecule has 1 N–H and O–H groups in total. The van der Waals surface area contributed by atoms with Gasteiger partial charge in [0.1, 0.15) is 11.3 Å². The first-order valence-electron chi connectivity index (χ1n) is 9.19. The van der Waals surface area contributed by atoms with Gasteiger partial charge in [-0.05, 0) is 31.2 Å². The van der Waals surface area contributed by atoms with Crippen molar-refractivity contribution in [1.82, 2.24) is 4.98 Å². The van der Waals surface area contributed by atoms with Gasteiger partial charge in [0.2, 0.25) is 0 Å². The van der Waals surface area contributed by atoms with Crippen LogP contribution in [0.3, 0.4) is 0 Å². The van der Waals surface area contributed by atoms with Crippen molar-refractivity contribution in [3.63, 3.8) is 0 Å². The third kappa shape index (κ3) is 4.02. The maximum Gasteiger partial charge on any atom is 0.257 e. The van der Waals surface area contributed by atoms with Gasteiger partial charge in [0.15, 0.2) is 10.9 Å². The molecular formula is C23H18N2O3S. The van der Waals surface area contributed by atoms with Crippen LogP contribution >= 0.6 is 11.3 Å². The summed E-state index contributed by atoms with van der Waals surface area (Å²) in [5.41, 5.74) is 2.34. The first-order valence-corrected chi connectivity index (χ1v) is 10.0. The van der Waals surface area contributed by atoms with Crippen molar-refractivity contribution in [2.75, 3.05) is 11.9 Å². The van der Waals surface area contributed by atoms with E-state index in [4.69, 9.17) is 4.74 Å². The molecule has 1 aromatic heterocycles. The summed E-state index contributed by atoms with van der Waals surface area (Å²) in [6, 6.07) is 21.4. The molecule has 0 atom stereocenters. The fourth-order valence-electron chi connectivity index (χ4n) is 2.95. The third-order valence-electron chi connectivity index (χ3n) is 4.35. The van der Waals surface area contributed by atoms with Gasteiger partial charge in [0.25, 0.3) is 5.91 Å². The van der Waals surface area contributed by atoms with Gasteiger partial charge in [-0.15, -0.1) is 0 Å². The first kappa shape index (κ1) is 18.8. The zero-order valence-corrected chi connectivity index (χ0v) is 16.5. The number of amides is 1. The van der Waals surface area contributed by atoms with E-state index in [0.717, 1.165) is 10.2 Å². The summed E-state index contributed by atoms with van der Waals surface area (Å²) in [6.45, 7) is 2.46. The summed E-state index contributed by atoms with van der Waals surface area (Å²) >= 11 is 1.39. The molecule has 0 saturated carbocycles. The predicted octanol–water partition coefficient (Wildman–Crippen LogP) is 5.18. The van der Waals surface area contributed by atoms with Crippen molar-refractivity contribution in [1.29, 1.82) is 0 Å². The van der Waals surface area contributed by atoms with Crippen molar-refractivity contribution in [3.05, 3.63) is 89.5 Å². The fraction of sp³-hybridized carbons (Fsp3) is 0.0870. The normalized spacial score (nSPS) is 10.7. The highest BCUT2D eigenvalue weighted by Gasteiger charge is 2.14. The van der Waals surface area contributed by atoms with Crippen LogP contribution in [0.25, 0.3) is 10.2 Å². The van der Waals surface area contributed by atoms with Gasteiger partial charge < -0.3 is 4.74 Å². The summed E-state index contributed by atoms with van der Waals surface area (Å²) in [4.78, 5) is 29.6. The molecule has 0 unspecified atom stereocenters. The largest absolute Gasteiger partial charge is 0.492 e. The second-order valence-corrected chi connectivity index (χ2v) is 7.31. The maximum atomic E-state index is 12.6. The molecule has 0 spiro atoms. The van der Waals surface area contributed by atoms with Crippen molar-refractivity contribution in [3.8, 4) is 5.75 Å². The summed E-state index contributed by atoms with van der Waals surface area (Å²) < 4.78 is 6.53. The predicted molar refractivity (Wildman–Crippen MR) is 115 cm³/mol. The van der Waals surface area contributed by atoms with Crippen LogP contribution in [0.15, 0.2) is 72.8 Å². The Hall–Kier alpha value is -3.51. The van der Waals surface area contributed by atoms with E-state index < -0.39 is 0 Å². The van der Waals surface area contributed by atoms with Gasteiger partial charge in [-0.25, -0.2) is 4.98 Å². The number of nitrogens with one attached hydrogen (secondary N) is 1. The van der Waals surface area contributed by atoms with Gasteiger partial charge in [0, 0.05) is 16.7 Å². The number of benzene rings is 3. The minimum atomic E-state index is -0.277. The average Bonchev–Trinajstić information content (AvgIpc) is 3.17. The number of fused-ring (bicyclic) bond motifs is 1. The number of nitrogens with zero attached hydrogens (tertiary/aromatic N) is 1. The lowest BCUT2D eigenvalue weighted by atomic mass is 10.0. The topological polar surface area (TPSA) is 68.3 Å². The Morgan fingerprint density at radius 2 is 1.59 bits per heavy atom. The molecule has 4 aromatic rings. The van der Waals surface area contributed by atoms with Gasteiger partial charge in [-0.1, -0.05) is 59.9 Å². The van der Waals surface area contributed by atoms with E-state index in [0.29, 0.717) is 34.2 Å². The minimum Gasteiger partial charge on any atom is -0.492 e. The number of ether oxygens (including phenoxy) is 1. The molecule has 0 bridgehead atoms. The molecule has 0 aliphatic rings. The monoisotopic (exact) mass is 402 g/mol. The molecule has 5 nitrogen and oxygen atoms in total. The summed E-state index contributed by atoms with van der Waals surface area (Å²) in [5, 5.41) is 3.33. The van der Waals surface area contributed by atoms with Gasteiger partial charge in [-0.3, -0.25) is 14.9 Å². The number of carbonyl (C=O) groups is 2. The van der Waals surface area contributed by atoms with E-state index in [2.05, 4.69) is 10.3 Å². The molecule has 1 amide bonds. The Bertz CT molecular complexity index is 1170. The Balaban J connectivity index is 1.51. The number of hydrogen-bond acceptors (Lipinski definition) is 5. The molecule has 29 heavy (non-hydrogen) atoms. The van der Waals surface area contributed by atoms with Crippen LogP contribution in [0.5, 0.6) is 5.75 Å². The molecule has 0 radical (unpaired) electrons. The lowest BCUT2D eigenvalue weighted by Gasteiger charge is -2.04. The quantitative estimate of drug-likeness (QED) is 0.451. The molecular weight excluding hydrogens is 384 g/mol. The van der Waals surface area contributed by atoms with Crippen LogP contribution in [-0.2, 0) is 0 Å². The van der Waals surface area contributed by atoms with Crippen molar-refractivity contribution >= 4 is 38.4 Å². The van der Waals surface area contributed by atoms with Gasteiger partial charge in [-0.2, -0.15) is 0 Å². The summed E-state index contributed by atoms with van der Waals surface area (Å²) in [6.07, 6.45) is 0. The van der Waals surface area contributed by atoms with E-state index in [1.165, 1.54) is 11.3 Å².